The molecule has 2 aromatic carbocycles. The van der Waals surface area contributed by atoms with E-state index in [1.165, 1.54) is 0 Å². The van der Waals surface area contributed by atoms with Crippen LogP contribution < -0.4 is 4.74 Å². The van der Waals surface area contributed by atoms with E-state index in [0.717, 1.165) is 53.3 Å². The van der Waals surface area contributed by atoms with Gasteiger partial charge in [-0.3, -0.25) is 9.79 Å². The molecule has 1 aliphatic heterocycles. The SMILES string of the molecule is CCN(CC)CC/N=C1/c2ccccc2COc2ccc(CCC(=O)O)cc21. The standard InChI is InChI=1S/C23H28N2O3/c1-3-25(4-2)14-13-24-23-19-8-6-5-7-18(19)16-28-21-11-9-17(15-20(21)23)10-12-22(26)27/h5-9,11,15H,3-4,10,12-14,16H2,1-2H3,(H,26,27)/b24-23-. The van der Waals surface area contributed by atoms with E-state index in [0.29, 0.717) is 19.6 Å². The molecule has 0 bridgehead atoms. The van der Waals surface area contributed by atoms with Crippen LogP contribution in [0.3, 0.4) is 0 Å². The molecule has 0 radical (unpaired) electrons. The number of fused-ring (bicyclic) bond motifs is 2. The van der Waals surface area contributed by atoms with E-state index in [1.807, 2.05) is 30.3 Å². The van der Waals surface area contributed by atoms with E-state index < -0.39 is 5.97 Å². The molecule has 0 amide bonds. The number of benzene rings is 2. The number of hydrogen-bond donors (Lipinski definition) is 1. The lowest BCUT2D eigenvalue weighted by molar-refractivity contribution is -0.136. The van der Waals surface area contributed by atoms with Crippen LogP contribution in [0.25, 0.3) is 0 Å². The van der Waals surface area contributed by atoms with Gasteiger partial charge in [0, 0.05) is 24.1 Å². The number of carboxylic acids is 1. The van der Waals surface area contributed by atoms with Crippen molar-refractivity contribution < 1.29 is 14.6 Å². The van der Waals surface area contributed by atoms with Crippen LogP contribution in [0.2, 0.25) is 0 Å². The zero-order chi connectivity index (χ0) is 19.9. The predicted octanol–water partition coefficient (Wildman–Crippen LogP) is 3.78. The van der Waals surface area contributed by atoms with Crippen molar-refractivity contribution in [2.24, 2.45) is 4.99 Å². The molecule has 0 saturated carbocycles. The Bertz CT molecular complexity index is 857. The molecule has 0 saturated heterocycles. The van der Waals surface area contributed by atoms with Gasteiger partial charge in [0.1, 0.15) is 12.4 Å². The maximum atomic E-state index is 11.0. The summed E-state index contributed by atoms with van der Waals surface area (Å²) >= 11 is 0. The lowest BCUT2D eigenvalue weighted by Crippen LogP contribution is -2.26. The first-order chi connectivity index (χ1) is 13.6. The van der Waals surface area contributed by atoms with Crippen LogP contribution in [0.15, 0.2) is 47.5 Å². The largest absolute Gasteiger partial charge is 0.488 e. The Morgan fingerprint density at radius 1 is 1.14 bits per heavy atom. The van der Waals surface area contributed by atoms with Gasteiger partial charge < -0.3 is 14.7 Å². The highest BCUT2D eigenvalue weighted by Gasteiger charge is 2.21. The second kappa shape index (κ2) is 9.51. The number of ether oxygens (including phenoxy) is 1. The summed E-state index contributed by atoms with van der Waals surface area (Å²) in [6.45, 7) is 8.48. The van der Waals surface area contributed by atoms with Gasteiger partial charge in [0.15, 0.2) is 0 Å². The lowest BCUT2D eigenvalue weighted by Gasteiger charge is -2.17. The van der Waals surface area contributed by atoms with Crippen molar-refractivity contribution in [1.29, 1.82) is 0 Å². The number of carboxylic acid groups (broad SMARTS) is 1. The van der Waals surface area contributed by atoms with E-state index in [2.05, 4.69) is 30.9 Å². The summed E-state index contributed by atoms with van der Waals surface area (Å²) in [6.07, 6.45) is 0.613. The number of rotatable bonds is 8. The molecule has 0 aromatic heterocycles. The molecule has 148 valence electrons. The zero-order valence-corrected chi connectivity index (χ0v) is 16.6. The molecule has 3 rings (SSSR count). The summed E-state index contributed by atoms with van der Waals surface area (Å²) in [5.41, 5.74) is 5.09. The molecule has 5 nitrogen and oxygen atoms in total. The summed E-state index contributed by atoms with van der Waals surface area (Å²) in [6, 6.07) is 14.1. The minimum absolute atomic E-state index is 0.116. The molecule has 0 spiro atoms. The molecule has 0 fully saturated rings. The lowest BCUT2D eigenvalue weighted by atomic mass is 9.96. The fourth-order valence-corrected chi connectivity index (χ4v) is 3.49. The number of aliphatic carboxylic acids is 1. The summed E-state index contributed by atoms with van der Waals surface area (Å²) in [5, 5.41) is 9.00. The van der Waals surface area contributed by atoms with Crippen LogP contribution in [0.5, 0.6) is 5.75 Å². The van der Waals surface area contributed by atoms with Gasteiger partial charge in [-0.25, -0.2) is 0 Å². The Kier molecular flexibility index (Phi) is 6.82. The topological polar surface area (TPSA) is 62.1 Å². The Morgan fingerprint density at radius 2 is 1.93 bits per heavy atom. The third-order valence-electron chi connectivity index (χ3n) is 5.16. The smallest absolute Gasteiger partial charge is 0.303 e. The maximum absolute atomic E-state index is 11.0. The molecule has 0 unspecified atom stereocenters. The fraction of sp³-hybridized carbons (Fsp3) is 0.391. The van der Waals surface area contributed by atoms with Gasteiger partial charge >= 0.3 is 5.97 Å². The minimum Gasteiger partial charge on any atom is -0.488 e. The summed E-state index contributed by atoms with van der Waals surface area (Å²) in [7, 11) is 0. The molecular weight excluding hydrogens is 352 g/mol. The van der Waals surface area contributed by atoms with Crippen molar-refractivity contribution in [2.75, 3.05) is 26.2 Å². The van der Waals surface area contributed by atoms with Crippen molar-refractivity contribution in [3.63, 3.8) is 0 Å². The van der Waals surface area contributed by atoms with Crippen molar-refractivity contribution >= 4 is 11.7 Å². The first-order valence-corrected chi connectivity index (χ1v) is 9.95. The minimum atomic E-state index is -0.787. The molecule has 28 heavy (non-hydrogen) atoms. The molecule has 0 atom stereocenters. The predicted molar refractivity (Wildman–Crippen MR) is 111 cm³/mol. The van der Waals surface area contributed by atoms with Crippen molar-refractivity contribution in [2.45, 2.75) is 33.3 Å². The van der Waals surface area contributed by atoms with Crippen LogP contribution in [-0.2, 0) is 17.8 Å². The Morgan fingerprint density at radius 3 is 2.68 bits per heavy atom. The summed E-state index contributed by atoms with van der Waals surface area (Å²) in [4.78, 5) is 18.3. The molecule has 5 heteroatoms. The van der Waals surface area contributed by atoms with E-state index in [1.54, 1.807) is 0 Å². The second-order valence-electron chi connectivity index (χ2n) is 6.93. The molecule has 2 aromatic rings. The Labute approximate surface area is 166 Å². The van der Waals surface area contributed by atoms with E-state index in [4.69, 9.17) is 14.8 Å². The first-order valence-electron chi connectivity index (χ1n) is 9.95. The number of nitrogens with zero attached hydrogens (tertiary/aromatic N) is 2. The molecule has 0 aliphatic carbocycles. The van der Waals surface area contributed by atoms with Gasteiger partial charge in [0.2, 0.25) is 0 Å². The van der Waals surface area contributed by atoms with Crippen LogP contribution in [0.1, 0.15) is 42.5 Å². The van der Waals surface area contributed by atoms with Gasteiger partial charge in [-0.15, -0.1) is 0 Å². The third kappa shape index (κ3) is 4.78. The summed E-state index contributed by atoms with van der Waals surface area (Å²) in [5.74, 6) is 0.0153. The summed E-state index contributed by atoms with van der Waals surface area (Å²) < 4.78 is 6.05. The van der Waals surface area contributed by atoms with Crippen molar-refractivity contribution in [3.8, 4) is 5.75 Å². The van der Waals surface area contributed by atoms with Crippen molar-refractivity contribution in [1.82, 2.24) is 4.90 Å². The monoisotopic (exact) mass is 380 g/mol. The molecular formula is C23H28N2O3. The van der Waals surface area contributed by atoms with Crippen molar-refractivity contribution in [3.05, 3.63) is 64.7 Å². The van der Waals surface area contributed by atoms with Gasteiger partial charge in [0.05, 0.1) is 12.3 Å². The molecule has 1 heterocycles. The first kappa shape index (κ1) is 20.1. The number of aryl methyl sites for hydroxylation is 1. The Hall–Kier alpha value is -2.66. The van der Waals surface area contributed by atoms with Crippen LogP contribution in [0, 0.1) is 0 Å². The third-order valence-corrected chi connectivity index (χ3v) is 5.16. The fourth-order valence-electron chi connectivity index (χ4n) is 3.49. The number of hydrogen-bond acceptors (Lipinski definition) is 4. The highest BCUT2D eigenvalue weighted by molar-refractivity contribution is 6.15. The van der Waals surface area contributed by atoms with Gasteiger partial charge in [-0.05, 0) is 42.8 Å². The van der Waals surface area contributed by atoms with E-state index >= 15 is 0 Å². The normalized spacial score (nSPS) is 14.3. The zero-order valence-electron chi connectivity index (χ0n) is 16.6. The van der Waals surface area contributed by atoms with Crippen LogP contribution in [0.4, 0.5) is 0 Å². The van der Waals surface area contributed by atoms with Gasteiger partial charge in [-0.2, -0.15) is 0 Å². The molecule has 1 N–H and O–H groups in total. The highest BCUT2D eigenvalue weighted by Crippen LogP contribution is 2.30. The second-order valence-corrected chi connectivity index (χ2v) is 6.93. The average Bonchev–Trinajstić information content (AvgIpc) is 2.86. The van der Waals surface area contributed by atoms with E-state index in [-0.39, 0.29) is 6.42 Å². The van der Waals surface area contributed by atoms with Gasteiger partial charge in [0.25, 0.3) is 0 Å². The number of carbonyl (C=O) groups is 1. The van der Waals surface area contributed by atoms with Crippen LogP contribution >= 0.6 is 0 Å². The van der Waals surface area contributed by atoms with Crippen LogP contribution in [-0.4, -0.2) is 47.9 Å². The Balaban J connectivity index is 1.98. The highest BCUT2D eigenvalue weighted by atomic mass is 16.5. The quantitative estimate of drug-likeness (QED) is 0.757. The van der Waals surface area contributed by atoms with E-state index in [9.17, 15) is 4.79 Å². The van der Waals surface area contributed by atoms with Gasteiger partial charge in [-0.1, -0.05) is 44.2 Å². The number of aliphatic imine (C=N–C) groups is 1. The molecule has 1 aliphatic rings. The number of likely N-dealkylation sites (N-methyl/N-ethyl adjacent to an activating group) is 1. The maximum Gasteiger partial charge on any atom is 0.303 e. The average molecular weight is 380 g/mol.